The molecule has 4 heteroatoms. The minimum absolute atomic E-state index is 0.442. The van der Waals surface area contributed by atoms with Crippen molar-refractivity contribution in [1.82, 2.24) is 9.38 Å². The van der Waals surface area contributed by atoms with Gasteiger partial charge in [-0.25, -0.2) is 4.98 Å². The second-order valence-corrected chi connectivity index (χ2v) is 3.09. The monoisotopic (exact) mass is 194 g/mol. The molecule has 0 aliphatic rings. The first kappa shape index (κ1) is 8.26. The van der Waals surface area contributed by atoms with Gasteiger partial charge in [-0.2, -0.15) is 0 Å². The van der Waals surface area contributed by atoms with E-state index in [4.69, 9.17) is 11.6 Å². The molecular formula is C9H7ClN2O. The number of nitrogens with zero attached hydrogens (tertiary/aromatic N) is 2. The predicted octanol–water partition coefficient (Wildman–Crippen LogP) is 2.02. The van der Waals surface area contributed by atoms with Crippen molar-refractivity contribution in [3.8, 4) is 0 Å². The van der Waals surface area contributed by atoms with Crippen LogP contribution in [0.5, 0.6) is 0 Å². The molecule has 0 N–H and O–H groups in total. The zero-order valence-corrected chi connectivity index (χ0v) is 7.75. The minimum atomic E-state index is -0.476. The molecule has 0 atom stereocenters. The fraction of sp³-hybridized carbons (Fsp3) is 0.111. The molecule has 2 heterocycles. The van der Waals surface area contributed by atoms with E-state index < -0.39 is 5.24 Å². The van der Waals surface area contributed by atoms with E-state index in [-0.39, 0.29) is 0 Å². The number of pyridine rings is 1. The molecule has 0 spiro atoms. The number of hydrogen-bond acceptors (Lipinski definition) is 2. The number of halogens is 1. The number of aromatic nitrogens is 2. The third-order valence-corrected chi connectivity index (χ3v) is 2.07. The summed E-state index contributed by atoms with van der Waals surface area (Å²) in [5, 5.41) is -0.476. The standard InChI is InChI=1S/C9H7ClN2O/c1-6-8(9(10)13)12-5-3-2-4-7(12)11-6/h2-5H,1H3. The highest BCUT2D eigenvalue weighted by Crippen LogP contribution is 2.13. The summed E-state index contributed by atoms with van der Waals surface area (Å²) < 4.78 is 1.69. The van der Waals surface area contributed by atoms with E-state index in [1.165, 1.54) is 0 Å². The molecule has 13 heavy (non-hydrogen) atoms. The second-order valence-electron chi connectivity index (χ2n) is 2.75. The lowest BCUT2D eigenvalue weighted by atomic mass is 10.4. The summed E-state index contributed by atoms with van der Waals surface area (Å²) in [4.78, 5) is 15.2. The number of hydrogen-bond donors (Lipinski definition) is 0. The first-order valence-electron chi connectivity index (χ1n) is 3.83. The third kappa shape index (κ3) is 1.21. The average molecular weight is 195 g/mol. The normalized spacial score (nSPS) is 10.6. The topological polar surface area (TPSA) is 34.4 Å². The predicted molar refractivity (Wildman–Crippen MR) is 50.1 cm³/mol. The number of fused-ring (bicyclic) bond motifs is 1. The molecule has 0 saturated heterocycles. The summed E-state index contributed by atoms with van der Waals surface area (Å²) >= 11 is 5.43. The highest BCUT2D eigenvalue weighted by atomic mass is 35.5. The second kappa shape index (κ2) is 2.85. The maximum Gasteiger partial charge on any atom is 0.271 e. The van der Waals surface area contributed by atoms with Crippen LogP contribution in [0.15, 0.2) is 24.4 Å². The Bertz CT molecular complexity index is 475. The SMILES string of the molecule is Cc1nc2ccccn2c1C(=O)Cl. The molecule has 2 aromatic heterocycles. The van der Waals surface area contributed by atoms with Crippen LogP contribution in [0.4, 0.5) is 0 Å². The molecule has 2 aromatic rings. The van der Waals surface area contributed by atoms with Crippen LogP contribution in [0, 0.1) is 6.92 Å². The van der Waals surface area contributed by atoms with E-state index in [1.807, 2.05) is 18.2 Å². The lowest BCUT2D eigenvalue weighted by molar-refractivity contribution is 0.107. The molecule has 0 fully saturated rings. The van der Waals surface area contributed by atoms with Crippen LogP contribution in [0.3, 0.4) is 0 Å². The van der Waals surface area contributed by atoms with Gasteiger partial charge in [-0.15, -0.1) is 0 Å². The number of carbonyl (C=O) groups is 1. The van der Waals surface area contributed by atoms with Crippen molar-refractivity contribution >= 4 is 22.5 Å². The Hall–Kier alpha value is -1.35. The molecule has 0 unspecified atom stereocenters. The highest BCUT2D eigenvalue weighted by molar-refractivity contribution is 6.67. The van der Waals surface area contributed by atoms with E-state index >= 15 is 0 Å². The van der Waals surface area contributed by atoms with Crippen LogP contribution in [-0.4, -0.2) is 14.6 Å². The van der Waals surface area contributed by atoms with Crippen molar-refractivity contribution in [2.24, 2.45) is 0 Å². The molecule has 3 nitrogen and oxygen atoms in total. The lowest BCUT2D eigenvalue weighted by Gasteiger charge is -1.94. The number of rotatable bonds is 1. The molecule has 0 amide bonds. The van der Waals surface area contributed by atoms with E-state index in [9.17, 15) is 4.79 Å². The summed E-state index contributed by atoms with van der Waals surface area (Å²) in [5.74, 6) is 0. The van der Waals surface area contributed by atoms with Gasteiger partial charge in [0, 0.05) is 6.20 Å². The zero-order valence-electron chi connectivity index (χ0n) is 6.99. The van der Waals surface area contributed by atoms with Gasteiger partial charge in [-0.3, -0.25) is 9.20 Å². The minimum Gasteiger partial charge on any atom is -0.296 e. The summed E-state index contributed by atoms with van der Waals surface area (Å²) in [6.07, 6.45) is 1.77. The Labute approximate surface area is 80.0 Å². The van der Waals surface area contributed by atoms with Gasteiger partial charge in [0.15, 0.2) is 0 Å². The van der Waals surface area contributed by atoms with Crippen molar-refractivity contribution in [2.45, 2.75) is 6.92 Å². The summed E-state index contributed by atoms with van der Waals surface area (Å²) in [7, 11) is 0. The average Bonchev–Trinajstić information content (AvgIpc) is 2.39. The molecule has 0 aliphatic heterocycles. The van der Waals surface area contributed by atoms with Gasteiger partial charge in [0.25, 0.3) is 5.24 Å². The number of imidazole rings is 1. The Balaban J connectivity index is 2.86. The smallest absolute Gasteiger partial charge is 0.271 e. The van der Waals surface area contributed by atoms with E-state index in [0.29, 0.717) is 11.4 Å². The molecule has 0 bridgehead atoms. The van der Waals surface area contributed by atoms with Crippen molar-refractivity contribution in [3.05, 3.63) is 35.8 Å². The van der Waals surface area contributed by atoms with Gasteiger partial charge in [-0.1, -0.05) is 6.07 Å². The van der Waals surface area contributed by atoms with Crippen LogP contribution < -0.4 is 0 Å². The Morgan fingerprint density at radius 2 is 2.31 bits per heavy atom. The van der Waals surface area contributed by atoms with Crippen LogP contribution in [0.1, 0.15) is 16.2 Å². The van der Waals surface area contributed by atoms with Crippen LogP contribution in [0.2, 0.25) is 0 Å². The summed E-state index contributed by atoms with van der Waals surface area (Å²) in [6, 6.07) is 5.53. The first-order valence-corrected chi connectivity index (χ1v) is 4.21. The lowest BCUT2D eigenvalue weighted by Crippen LogP contribution is -1.97. The Kier molecular flexibility index (Phi) is 1.81. The van der Waals surface area contributed by atoms with Gasteiger partial charge < -0.3 is 0 Å². The fourth-order valence-corrected chi connectivity index (χ4v) is 1.58. The van der Waals surface area contributed by atoms with Gasteiger partial charge in [0.2, 0.25) is 0 Å². The van der Waals surface area contributed by atoms with E-state index in [2.05, 4.69) is 4.98 Å². The summed E-state index contributed by atoms with van der Waals surface area (Å²) in [6.45, 7) is 1.77. The summed E-state index contributed by atoms with van der Waals surface area (Å²) in [5.41, 5.74) is 1.84. The third-order valence-electron chi connectivity index (χ3n) is 1.89. The van der Waals surface area contributed by atoms with E-state index in [1.54, 1.807) is 17.5 Å². The fourth-order valence-electron chi connectivity index (χ4n) is 1.35. The maximum atomic E-state index is 11.0. The number of carbonyl (C=O) groups excluding carboxylic acids is 1. The molecule has 66 valence electrons. The maximum absolute atomic E-state index is 11.0. The van der Waals surface area contributed by atoms with E-state index in [0.717, 1.165) is 5.65 Å². The Morgan fingerprint density at radius 3 is 3.00 bits per heavy atom. The molecule has 2 rings (SSSR count). The molecule has 0 aromatic carbocycles. The van der Waals surface area contributed by atoms with Gasteiger partial charge in [0.05, 0.1) is 5.69 Å². The Morgan fingerprint density at radius 1 is 1.54 bits per heavy atom. The van der Waals surface area contributed by atoms with Crippen molar-refractivity contribution in [2.75, 3.05) is 0 Å². The van der Waals surface area contributed by atoms with Crippen LogP contribution in [-0.2, 0) is 0 Å². The van der Waals surface area contributed by atoms with Gasteiger partial charge in [-0.05, 0) is 30.7 Å². The van der Waals surface area contributed by atoms with Crippen LogP contribution in [0.25, 0.3) is 5.65 Å². The van der Waals surface area contributed by atoms with Crippen molar-refractivity contribution < 1.29 is 4.79 Å². The first-order chi connectivity index (χ1) is 6.20. The molecule has 0 saturated carbocycles. The zero-order chi connectivity index (χ0) is 9.42. The number of aryl methyl sites for hydroxylation is 1. The van der Waals surface area contributed by atoms with Crippen molar-refractivity contribution in [3.63, 3.8) is 0 Å². The highest BCUT2D eigenvalue weighted by Gasteiger charge is 2.13. The quantitative estimate of drug-likeness (QED) is 0.651. The van der Waals surface area contributed by atoms with Crippen molar-refractivity contribution in [1.29, 1.82) is 0 Å². The van der Waals surface area contributed by atoms with Gasteiger partial charge >= 0.3 is 0 Å². The van der Waals surface area contributed by atoms with Gasteiger partial charge in [0.1, 0.15) is 11.3 Å². The molecule has 0 aliphatic carbocycles. The largest absolute Gasteiger partial charge is 0.296 e. The molecular weight excluding hydrogens is 188 g/mol. The van der Waals surface area contributed by atoms with Crippen LogP contribution >= 0.6 is 11.6 Å². The molecule has 0 radical (unpaired) electrons.